The van der Waals surface area contributed by atoms with Crippen LogP contribution in [-0.4, -0.2) is 23.3 Å². The first-order valence-corrected chi connectivity index (χ1v) is 14.4. The van der Waals surface area contributed by atoms with Crippen molar-refractivity contribution in [1.82, 2.24) is 4.98 Å². The van der Waals surface area contributed by atoms with Gasteiger partial charge in [-0.2, -0.15) is 0 Å². The van der Waals surface area contributed by atoms with Crippen LogP contribution in [0.2, 0.25) is 0 Å². The highest BCUT2D eigenvalue weighted by Gasteiger charge is 2.26. The molecule has 5 nitrogen and oxygen atoms in total. The number of nitrogens with zero attached hydrogens (tertiary/aromatic N) is 2. The molecule has 41 heavy (non-hydrogen) atoms. The van der Waals surface area contributed by atoms with E-state index < -0.39 is 0 Å². The first-order chi connectivity index (χ1) is 19.9. The summed E-state index contributed by atoms with van der Waals surface area (Å²) in [6.07, 6.45) is 1.73. The van der Waals surface area contributed by atoms with Gasteiger partial charge in [0, 0.05) is 33.8 Å². The number of carbonyl (C=O) groups excluding carboxylic acids is 2. The van der Waals surface area contributed by atoms with Gasteiger partial charge in [0.15, 0.2) is 5.13 Å². The van der Waals surface area contributed by atoms with Crippen LogP contribution in [0.5, 0.6) is 0 Å². The van der Waals surface area contributed by atoms with Crippen molar-refractivity contribution in [2.24, 2.45) is 0 Å². The molecule has 2 amide bonds. The Hall–Kier alpha value is -4.62. The molecule has 0 atom stereocenters. The summed E-state index contributed by atoms with van der Waals surface area (Å²) < 4.78 is 13.3. The fourth-order valence-electron chi connectivity index (χ4n) is 5.14. The van der Waals surface area contributed by atoms with Gasteiger partial charge in [-0.05, 0) is 90.6 Å². The Morgan fingerprint density at radius 1 is 0.878 bits per heavy atom. The number of thiazole rings is 1. The van der Waals surface area contributed by atoms with Crippen LogP contribution in [0.3, 0.4) is 0 Å². The molecule has 0 unspecified atom stereocenters. The van der Waals surface area contributed by atoms with E-state index in [0.717, 1.165) is 51.4 Å². The number of rotatable bonds is 6. The van der Waals surface area contributed by atoms with Gasteiger partial charge in [0.2, 0.25) is 0 Å². The third-order valence-electron chi connectivity index (χ3n) is 7.44. The highest BCUT2D eigenvalue weighted by atomic mass is 32.1. The van der Waals surface area contributed by atoms with Crippen LogP contribution < -0.4 is 10.2 Å². The van der Waals surface area contributed by atoms with E-state index in [-0.39, 0.29) is 17.6 Å². The van der Waals surface area contributed by atoms with Crippen LogP contribution in [-0.2, 0) is 12.8 Å². The standard InChI is InChI=1S/C34H28FN3O2S/c1-3-22-4-6-23(7-5-22)24-8-10-25(11-9-24)32(39)37-34-36-31(21(2)41-34)28-14-17-30-27(20-28)18-19-38(30)33(40)26-12-15-29(35)16-13-26/h4-17,20H,3,18-19H2,1-2H3,(H,36,37,39). The molecule has 0 saturated carbocycles. The van der Waals surface area contributed by atoms with E-state index >= 15 is 0 Å². The lowest BCUT2D eigenvalue weighted by atomic mass is 10.0. The fourth-order valence-corrected chi connectivity index (χ4v) is 5.97. The molecule has 0 spiro atoms. The molecule has 2 heterocycles. The molecule has 0 radical (unpaired) electrons. The molecule has 6 rings (SSSR count). The predicted molar refractivity (Wildman–Crippen MR) is 163 cm³/mol. The lowest BCUT2D eigenvalue weighted by molar-refractivity contribution is 0.0987. The number of hydrogen-bond donors (Lipinski definition) is 1. The van der Waals surface area contributed by atoms with Crippen molar-refractivity contribution in [2.75, 3.05) is 16.8 Å². The van der Waals surface area contributed by atoms with Gasteiger partial charge in [-0.25, -0.2) is 9.37 Å². The van der Waals surface area contributed by atoms with Crippen LogP contribution in [0.25, 0.3) is 22.4 Å². The third kappa shape index (κ3) is 5.41. The van der Waals surface area contributed by atoms with Crippen molar-refractivity contribution in [3.8, 4) is 22.4 Å². The average molecular weight is 562 g/mol. The highest BCUT2D eigenvalue weighted by molar-refractivity contribution is 7.16. The van der Waals surface area contributed by atoms with Crippen LogP contribution in [0, 0.1) is 12.7 Å². The normalized spacial score (nSPS) is 12.3. The lowest BCUT2D eigenvalue weighted by Gasteiger charge is -2.17. The summed E-state index contributed by atoms with van der Waals surface area (Å²) in [5.41, 5.74) is 8.15. The summed E-state index contributed by atoms with van der Waals surface area (Å²) in [5, 5.41) is 3.49. The highest BCUT2D eigenvalue weighted by Crippen LogP contribution is 2.36. The number of amides is 2. The summed E-state index contributed by atoms with van der Waals surface area (Å²) in [6, 6.07) is 27.6. The fraction of sp³-hybridized carbons (Fsp3) is 0.147. The number of anilines is 2. The average Bonchev–Trinajstić information content (AvgIpc) is 3.59. The third-order valence-corrected chi connectivity index (χ3v) is 8.33. The minimum Gasteiger partial charge on any atom is -0.308 e. The summed E-state index contributed by atoms with van der Waals surface area (Å²) in [4.78, 5) is 33.5. The second-order valence-corrected chi connectivity index (χ2v) is 11.3. The molecule has 0 saturated heterocycles. The molecule has 4 aromatic carbocycles. The van der Waals surface area contributed by atoms with Gasteiger partial charge in [0.1, 0.15) is 5.82 Å². The van der Waals surface area contributed by atoms with Crippen LogP contribution >= 0.6 is 11.3 Å². The molecule has 1 aromatic heterocycles. The van der Waals surface area contributed by atoms with Gasteiger partial charge < -0.3 is 4.90 Å². The van der Waals surface area contributed by atoms with E-state index in [1.54, 1.807) is 4.90 Å². The number of carbonyl (C=O) groups is 2. The molecular formula is C34H28FN3O2S. The summed E-state index contributed by atoms with van der Waals surface area (Å²) >= 11 is 1.43. The number of aryl methyl sites for hydroxylation is 2. The zero-order valence-electron chi connectivity index (χ0n) is 22.8. The van der Waals surface area contributed by atoms with E-state index in [0.29, 0.717) is 22.8 Å². The Balaban J connectivity index is 1.16. The van der Waals surface area contributed by atoms with Crippen LogP contribution in [0.15, 0.2) is 91.0 Å². The smallest absolute Gasteiger partial charge is 0.258 e. The Labute approximate surface area is 242 Å². The molecule has 204 valence electrons. The van der Waals surface area contributed by atoms with Crippen LogP contribution in [0.4, 0.5) is 15.2 Å². The number of nitrogens with one attached hydrogen (secondary N) is 1. The van der Waals surface area contributed by atoms with E-state index in [4.69, 9.17) is 4.98 Å². The first kappa shape index (κ1) is 26.6. The minimum absolute atomic E-state index is 0.145. The number of fused-ring (bicyclic) bond motifs is 1. The summed E-state index contributed by atoms with van der Waals surface area (Å²) in [6.45, 7) is 4.68. The molecule has 0 bridgehead atoms. The SMILES string of the molecule is CCc1ccc(-c2ccc(C(=O)Nc3nc(-c4ccc5c(c4)CCN5C(=O)c4ccc(F)cc4)c(C)s3)cc2)cc1. The van der Waals surface area contributed by atoms with Crippen LogP contribution in [0.1, 0.15) is 43.6 Å². The lowest BCUT2D eigenvalue weighted by Crippen LogP contribution is -2.28. The quantitative estimate of drug-likeness (QED) is 0.229. The Bertz CT molecular complexity index is 1740. The number of halogens is 1. The Morgan fingerprint density at radius 2 is 1.51 bits per heavy atom. The van der Waals surface area contributed by atoms with E-state index in [1.807, 2.05) is 43.3 Å². The molecule has 5 aromatic rings. The monoisotopic (exact) mass is 561 g/mol. The first-order valence-electron chi connectivity index (χ1n) is 13.6. The van der Waals surface area contributed by atoms with Gasteiger partial charge in [0.25, 0.3) is 11.8 Å². The maximum atomic E-state index is 13.3. The second-order valence-electron chi connectivity index (χ2n) is 10.1. The van der Waals surface area contributed by atoms with E-state index in [1.165, 1.54) is 41.2 Å². The molecule has 0 fully saturated rings. The number of aromatic nitrogens is 1. The predicted octanol–water partition coefficient (Wildman–Crippen LogP) is 7.94. The molecule has 0 aliphatic carbocycles. The van der Waals surface area contributed by atoms with Gasteiger partial charge in [-0.15, -0.1) is 11.3 Å². The van der Waals surface area contributed by atoms with Crippen molar-refractivity contribution in [3.63, 3.8) is 0 Å². The zero-order chi connectivity index (χ0) is 28.5. The Morgan fingerprint density at radius 3 is 2.20 bits per heavy atom. The molecular weight excluding hydrogens is 533 g/mol. The number of hydrogen-bond acceptors (Lipinski definition) is 4. The topological polar surface area (TPSA) is 62.3 Å². The van der Waals surface area contributed by atoms with Gasteiger partial charge in [0.05, 0.1) is 5.69 Å². The van der Waals surface area contributed by atoms with Crippen molar-refractivity contribution >= 4 is 34.0 Å². The summed E-state index contributed by atoms with van der Waals surface area (Å²) in [7, 11) is 0. The van der Waals surface area contributed by atoms with Crippen molar-refractivity contribution < 1.29 is 14.0 Å². The van der Waals surface area contributed by atoms with Gasteiger partial charge >= 0.3 is 0 Å². The summed E-state index contributed by atoms with van der Waals surface area (Å²) in [5.74, 6) is -0.718. The molecule has 1 aliphatic heterocycles. The van der Waals surface area contributed by atoms with Crippen molar-refractivity contribution in [3.05, 3.63) is 124 Å². The second kappa shape index (κ2) is 11.1. The Kier molecular flexibility index (Phi) is 7.20. The van der Waals surface area contributed by atoms with Crippen molar-refractivity contribution in [1.29, 1.82) is 0 Å². The molecule has 1 N–H and O–H groups in total. The zero-order valence-corrected chi connectivity index (χ0v) is 23.6. The van der Waals surface area contributed by atoms with E-state index in [2.05, 4.69) is 42.6 Å². The van der Waals surface area contributed by atoms with E-state index in [9.17, 15) is 14.0 Å². The van der Waals surface area contributed by atoms with Crippen molar-refractivity contribution in [2.45, 2.75) is 26.7 Å². The largest absolute Gasteiger partial charge is 0.308 e. The maximum Gasteiger partial charge on any atom is 0.258 e. The minimum atomic E-state index is -0.367. The van der Waals surface area contributed by atoms with Gasteiger partial charge in [-0.3, -0.25) is 14.9 Å². The molecule has 1 aliphatic rings. The number of benzene rings is 4. The molecule has 7 heteroatoms. The maximum absolute atomic E-state index is 13.3. The van der Waals surface area contributed by atoms with Gasteiger partial charge in [-0.1, -0.05) is 49.4 Å².